The van der Waals surface area contributed by atoms with Crippen molar-refractivity contribution in [2.24, 2.45) is 4.99 Å². The Balaban J connectivity index is 1.48. The van der Waals surface area contributed by atoms with E-state index in [1.165, 1.54) is 5.56 Å². The lowest BCUT2D eigenvalue weighted by Gasteiger charge is -2.16. The normalized spacial score (nSPS) is 16.5. The number of hydrogen-bond acceptors (Lipinski definition) is 3. The Morgan fingerprint density at radius 1 is 1.21 bits per heavy atom. The SMILES string of the molecule is CCC(C)NC(=O)c1cccc(CNC(=NC)NCC2Cc3ccccc3O2)c1. The van der Waals surface area contributed by atoms with Gasteiger partial charge in [0.05, 0.1) is 6.54 Å². The number of carbonyl (C=O) groups is 1. The van der Waals surface area contributed by atoms with Gasteiger partial charge in [-0.1, -0.05) is 37.3 Å². The molecule has 2 aromatic carbocycles. The highest BCUT2D eigenvalue weighted by atomic mass is 16.5. The maximum Gasteiger partial charge on any atom is 0.251 e. The average Bonchev–Trinajstić information content (AvgIpc) is 3.17. The predicted molar refractivity (Wildman–Crippen MR) is 116 cm³/mol. The summed E-state index contributed by atoms with van der Waals surface area (Å²) in [4.78, 5) is 16.6. The smallest absolute Gasteiger partial charge is 0.251 e. The number of carbonyl (C=O) groups excluding carboxylic acids is 1. The van der Waals surface area contributed by atoms with E-state index < -0.39 is 0 Å². The van der Waals surface area contributed by atoms with Crippen molar-refractivity contribution in [1.29, 1.82) is 0 Å². The number of amides is 1. The summed E-state index contributed by atoms with van der Waals surface area (Å²) in [5.41, 5.74) is 2.94. The summed E-state index contributed by atoms with van der Waals surface area (Å²) in [6, 6.07) is 16.0. The summed E-state index contributed by atoms with van der Waals surface area (Å²) >= 11 is 0. The predicted octanol–water partition coefficient (Wildman–Crippen LogP) is 2.88. The maximum absolute atomic E-state index is 12.3. The van der Waals surface area contributed by atoms with Crippen LogP contribution in [0.5, 0.6) is 5.75 Å². The molecule has 154 valence electrons. The fraction of sp³-hybridized carbons (Fsp3) is 0.391. The van der Waals surface area contributed by atoms with E-state index in [0.29, 0.717) is 24.6 Å². The summed E-state index contributed by atoms with van der Waals surface area (Å²) in [6.45, 7) is 5.31. The van der Waals surface area contributed by atoms with E-state index in [4.69, 9.17) is 4.74 Å². The molecule has 1 aliphatic heterocycles. The number of fused-ring (bicyclic) bond motifs is 1. The first-order chi connectivity index (χ1) is 14.1. The van der Waals surface area contributed by atoms with Gasteiger partial charge in [0.1, 0.15) is 11.9 Å². The Kier molecular flexibility index (Phi) is 7.11. The van der Waals surface area contributed by atoms with E-state index in [2.05, 4.69) is 33.9 Å². The third-order valence-electron chi connectivity index (χ3n) is 5.07. The molecule has 0 radical (unpaired) electrons. The van der Waals surface area contributed by atoms with Crippen LogP contribution in [0.15, 0.2) is 53.5 Å². The second kappa shape index (κ2) is 9.96. The van der Waals surface area contributed by atoms with Crippen molar-refractivity contribution in [3.63, 3.8) is 0 Å². The molecular formula is C23H30N4O2. The molecule has 1 aliphatic rings. The van der Waals surface area contributed by atoms with Crippen molar-refractivity contribution in [3.8, 4) is 5.75 Å². The topological polar surface area (TPSA) is 74.8 Å². The second-order valence-electron chi connectivity index (χ2n) is 7.34. The summed E-state index contributed by atoms with van der Waals surface area (Å²) in [7, 11) is 1.75. The van der Waals surface area contributed by atoms with Crippen LogP contribution in [0.3, 0.4) is 0 Å². The van der Waals surface area contributed by atoms with Gasteiger partial charge in [0.25, 0.3) is 5.91 Å². The largest absolute Gasteiger partial charge is 0.488 e. The summed E-state index contributed by atoms with van der Waals surface area (Å²) in [5, 5.41) is 9.62. The first-order valence-corrected chi connectivity index (χ1v) is 10.2. The monoisotopic (exact) mass is 394 g/mol. The molecule has 0 saturated carbocycles. The summed E-state index contributed by atoms with van der Waals surface area (Å²) in [5.74, 6) is 1.63. The number of guanidine groups is 1. The number of nitrogens with one attached hydrogen (secondary N) is 3. The van der Waals surface area contributed by atoms with E-state index in [-0.39, 0.29) is 18.1 Å². The van der Waals surface area contributed by atoms with Gasteiger partial charge in [-0.05, 0) is 42.7 Å². The highest BCUT2D eigenvalue weighted by Crippen LogP contribution is 2.27. The van der Waals surface area contributed by atoms with Gasteiger partial charge >= 0.3 is 0 Å². The molecule has 0 saturated heterocycles. The molecule has 0 bridgehead atoms. The Morgan fingerprint density at radius 3 is 2.79 bits per heavy atom. The minimum atomic E-state index is -0.0401. The van der Waals surface area contributed by atoms with Gasteiger partial charge in [0, 0.05) is 31.6 Å². The first kappa shape index (κ1) is 20.7. The number of nitrogens with zero attached hydrogens (tertiary/aromatic N) is 1. The number of para-hydroxylation sites is 1. The van der Waals surface area contributed by atoms with Crippen LogP contribution >= 0.6 is 0 Å². The number of hydrogen-bond donors (Lipinski definition) is 3. The molecule has 3 rings (SSSR count). The molecule has 0 aromatic heterocycles. The standard InChI is InChI=1S/C23H30N4O2/c1-4-16(2)27-22(28)19-10-7-8-17(12-19)14-25-23(24-3)26-15-20-13-18-9-5-6-11-21(18)29-20/h5-12,16,20H,4,13-15H2,1-3H3,(H,27,28)(H2,24,25,26). The highest BCUT2D eigenvalue weighted by molar-refractivity contribution is 5.94. The zero-order valence-electron chi connectivity index (χ0n) is 17.4. The molecular weight excluding hydrogens is 364 g/mol. The molecule has 2 atom stereocenters. The highest BCUT2D eigenvalue weighted by Gasteiger charge is 2.22. The van der Waals surface area contributed by atoms with Crippen LogP contribution in [0.4, 0.5) is 0 Å². The van der Waals surface area contributed by atoms with Crippen LogP contribution in [-0.2, 0) is 13.0 Å². The molecule has 6 nitrogen and oxygen atoms in total. The molecule has 1 heterocycles. The van der Waals surface area contributed by atoms with Crippen molar-refractivity contribution >= 4 is 11.9 Å². The van der Waals surface area contributed by atoms with Crippen molar-refractivity contribution in [1.82, 2.24) is 16.0 Å². The van der Waals surface area contributed by atoms with Crippen molar-refractivity contribution in [2.75, 3.05) is 13.6 Å². The van der Waals surface area contributed by atoms with Gasteiger partial charge in [-0.3, -0.25) is 9.79 Å². The van der Waals surface area contributed by atoms with Gasteiger partial charge in [-0.2, -0.15) is 0 Å². The molecule has 6 heteroatoms. The van der Waals surface area contributed by atoms with Crippen LogP contribution in [-0.4, -0.2) is 37.6 Å². The Bertz CT molecular complexity index is 840. The minimum Gasteiger partial charge on any atom is -0.488 e. The molecule has 29 heavy (non-hydrogen) atoms. The number of aliphatic imine (C=N–C) groups is 1. The van der Waals surface area contributed by atoms with Crippen molar-refractivity contribution in [3.05, 3.63) is 65.2 Å². The lowest BCUT2D eigenvalue weighted by molar-refractivity contribution is 0.0939. The average molecular weight is 395 g/mol. The fourth-order valence-electron chi connectivity index (χ4n) is 3.22. The molecule has 3 N–H and O–H groups in total. The second-order valence-corrected chi connectivity index (χ2v) is 7.34. The maximum atomic E-state index is 12.3. The minimum absolute atomic E-state index is 0.0401. The van der Waals surface area contributed by atoms with E-state index in [9.17, 15) is 4.79 Å². The van der Waals surface area contributed by atoms with Crippen LogP contribution in [0.25, 0.3) is 0 Å². The van der Waals surface area contributed by atoms with E-state index >= 15 is 0 Å². The Hall–Kier alpha value is -3.02. The summed E-state index contributed by atoms with van der Waals surface area (Å²) in [6.07, 6.45) is 1.90. The van der Waals surface area contributed by atoms with E-state index in [1.807, 2.05) is 49.4 Å². The molecule has 2 unspecified atom stereocenters. The third-order valence-corrected chi connectivity index (χ3v) is 5.07. The van der Waals surface area contributed by atoms with Crippen molar-refractivity contribution in [2.45, 2.75) is 45.4 Å². The molecule has 0 fully saturated rings. The molecule has 2 aromatic rings. The third kappa shape index (κ3) is 5.73. The van der Waals surface area contributed by atoms with Crippen LogP contribution in [0.1, 0.15) is 41.8 Å². The van der Waals surface area contributed by atoms with Gasteiger partial charge in [-0.25, -0.2) is 0 Å². The van der Waals surface area contributed by atoms with Gasteiger partial charge in [0.2, 0.25) is 0 Å². The number of benzene rings is 2. The Labute approximate surface area is 172 Å². The lowest BCUT2D eigenvalue weighted by atomic mass is 10.1. The van der Waals surface area contributed by atoms with E-state index in [1.54, 1.807) is 7.05 Å². The molecule has 1 amide bonds. The number of ether oxygens (including phenoxy) is 1. The zero-order valence-corrected chi connectivity index (χ0v) is 17.4. The zero-order chi connectivity index (χ0) is 20.6. The van der Waals surface area contributed by atoms with Crippen LogP contribution in [0.2, 0.25) is 0 Å². The lowest BCUT2D eigenvalue weighted by Crippen LogP contribution is -2.42. The Morgan fingerprint density at radius 2 is 2.03 bits per heavy atom. The fourth-order valence-corrected chi connectivity index (χ4v) is 3.22. The number of rotatable bonds is 7. The van der Waals surface area contributed by atoms with Crippen molar-refractivity contribution < 1.29 is 9.53 Å². The van der Waals surface area contributed by atoms with Crippen LogP contribution < -0.4 is 20.7 Å². The first-order valence-electron chi connectivity index (χ1n) is 10.2. The quantitative estimate of drug-likeness (QED) is 0.499. The van der Waals surface area contributed by atoms with Gasteiger partial charge in [0.15, 0.2) is 5.96 Å². The summed E-state index contributed by atoms with van der Waals surface area (Å²) < 4.78 is 5.96. The van der Waals surface area contributed by atoms with Gasteiger partial charge < -0.3 is 20.7 Å². The van der Waals surface area contributed by atoms with Gasteiger partial charge in [-0.15, -0.1) is 0 Å². The molecule has 0 aliphatic carbocycles. The van der Waals surface area contributed by atoms with E-state index in [0.717, 1.165) is 24.2 Å². The van der Waals surface area contributed by atoms with Crippen LogP contribution in [0, 0.1) is 0 Å². The molecule has 0 spiro atoms.